The van der Waals surface area contributed by atoms with E-state index in [1.54, 1.807) is 0 Å². The largest absolute Gasteiger partial charge is 0.387 e. The number of amides is 1. The molecule has 3 rings (SSSR count). The molecule has 0 fully saturated rings. The van der Waals surface area contributed by atoms with Crippen molar-refractivity contribution in [1.82, 2.24) is 10.3 Å². The lowest BCUT2D eigenvalue weighted by Crippen LogP contribution is -2.28. The molecule has 3 aromatic rings. The van der Waals surface area contributed by atoms with E-state index < -0.39 is 6.10 Å². The third-order valence-corrected chi connectivity index (χ3v) is 3.68. The van der Waals surface area contributed by atoms with Crippen molar-refractivity contribution < 1.29 is 9.90 Å². The minimum atomic E-state index is -0.794. The lowest BCUT2D eigenvalue weighted by Gasteiger charge is -2.12. The number of aliphatic hydroxyl groups excluding tert-OH is 1. The molecule has 5 heteroatoms. The second-order valence-corrected chi connectivity index (χ2v) is 5.25. The van der Waals surface area contributed by atoms with Gasteiger partial charge in [0, 0.05) is 12.7 Å². The molecule has 0 aliphatic carbocycles. The summed E-state index contributed by atoms with van der Waals surface area (Å²) >= 11 is 0. The summed E-state index contributed by atoms with van der Waals surface area (Å²) in [5.41, 5.74) is 1.44. The minimum Gasteiger partial charge on any atom is -0.387 e. The Hall–Kier alpha value is -3.10. The highest BCUT2D eigenvalue weighted by Crippen LogP contribution is 2.20. The van der Waals surface area contributed by atoms with Crippen molar-refractivity contribution in [3.05, 3.63) is 71.5 Å². The van der Waals surface area contributed by atoms with Gasteiger partial charge in [-0.2, -0.15) is 5.26 Å². The van der Waals surface area contributed by atoms with E-state index in [1.807, 2.05) is 48.5 Å². The van der Waals surface area contributed by atoms with Gasteiger partial charge in [0.15, 0.2) is 0 Å². The van der Waals surface area contributed by atoms with Crippen LogP contribution in [0.5, 0.6) is 0 Å². The summed E-state index contributed by atoms with van der Waals surface area (Å²) in [5.74, 6) is -0.331. The molecule has 1 unspecified atom stereocenters. The Balaban J connectivity index is 1.67. The first-order chi connectivity index (χ1) is 11.2. The van der Waals surface area contributed by atoms with E-state index in [2.05, 4.69) is 10.3 Å². The number of benzene rings is 2. The number of carbonyl (C=O) groups excluding carboxylic acids is 1. The average molecular weight is 305 g/mol. The molecule has 23 heavy (non-hydrogen) atoms. The van der Waals surface area contributed by atoms with Gasteiger partial charge < -0.3 is 15.4 Å². The Morgan fingerprint density at radius 1 is 1.22 bits per heavy atom. The maximum atomic E-state index is 12.0. The number of H-pyrrole nitrogens is 1. The Labute approximate surface area is 133 Å². The van der Waals surface area contributed by atoms with Gasteiger partial charge in [-0.1, -0.05) is 36.4 Å². The molecule has 5 nitrogen and oxygen atoms in total. The van der Waals surface area contributed by atoms with Gasteiger partial charge in [-0.3, -0.25) is 4.79 Å². The van der Waals surface area contributed by atoms with Crippen LogP contribution < -0.4 is 5.32 Å². The Morgan fingerprint density at radius 2 is 2.00 bits per heavy atom. The van der Waals surface area contributed by atoms with Gasteiger partial charge in [-0.05, 0) is 28.5 Å². The molecular weight excluding hydrogens is 290 g/mol. The van der Waals surface area contributed by atoms with Crippen LogP contribution in [0.1, 0.15) is 27.7 Å². The lowest BCUT2D eigenvalue weighted by molar-refractivity contribution is 0.0916. The summed E-state index contributed by atoms with van der Waals surface area (Å²) in [6.45, 7) is 0.101. The van der Waals surface area contributed by atoms with Crippen LogP contribution in [0.25, 0.3) is 10.8 Å². The Bertz CT molecular complexity index is 892. The van der Waals surface area contributed by atoms with E-state index in [0.29, 0.717) is 11.3 Å². The van der Waals surface area contributed by atoms with Crippen molar-refractivity contribution in [3.63, 3.8) is 0 Å². The molecule has 0 spiro atoms. The van der Waals surface area contributed by atoms with Crippen molar-refractivity contribution >= 4 is 16.7 Å². The van der Waals surface area contributed by atoms with Gasteiger partial charge in [-0.15, -0.1) is 0 Å². The highest BCUT2D eigenvalue weighted by atomic mass is 16.3. The van der Waals surface area contributed by atoms with Crippen LogP contribution in [0, 0.1) is 11.3 Å². The van der Waals surface area contributed by atoms with Gasteiger partial charge in [0.1, 0.15) is 11.8 Å². The standard InChI is InChI=1S/C18H15N3O2/c19-9-16-8-15(10-20-16)18(23)21-11-17(22)14-6-5-12-3-1-2-4-13(12)7-14/h1-8,10,17,20,22H,11H2,(H,21,23). The monoisotopic (exact) mass is 305 g/mol. The molecule has 1 aromatic heterocycles. The molecule has 2 aromatic carbocycles. The first kappa shape index (κ1) is 14.8. The Morgan fingerprint density at radius 3 is 2.74 bits per heavy atom. The van der Waals surface area contributed by atoms with Crippen LogP contribution >= 0.6 is 0 Å². The fourth-order valence-corrected chi connectivity index (χ4v) is 2.41. The van der Waals surface area contributed by atoms with Crippen molar-refractivity contribution in [1.29, 1.82) is 5.26 Å². The van der Waals surface area contributed by atoms with Crippen molar-refractivity contribution in [2.75, 3.05) is 6.54 Å². The van der Waals surface area contributed by atoms with Crippen LogP contribution in [0.2, 0.25) is 0 Å². The van der Waals surface area contributed by atoms with Crippen molar-refractivity contribution in [3.8, 4) is 6.07 Å². The number of nitrogens with zero attached hydrogens (tertiary/aromatic N) is 1. The molecule has 0 radical (unpaired) electrons. The fraction of sp³-hybridized carbons (Fsp3) is 0.111. The zero-order chi connectivity index (χ0) is 16.2. The lowest BCUT2D eigenvalue weighted by atomic mass is 10.0. The molecule has 0 bridgehead atoms. The summed E-state index contributed by atoms with van der Waals surface area (Å²) in [6.07, 6.45) is 0.675. The van der Waals surface area contributed by atoms with Gasteiger partial charge in [0.05, 0.1) is 11.7 Å². The number of hydrogen-bond donors (Lipinski definition) is 3. The normalized spacial score (nSPS) is 11.8. The van der Waals surface area contributed by atoms with Gasteiger partial charge in [0.2, 0.25) is 0 Å². The smallest absolute Gasteiger partial charge is 0.252 e. The van der Waals surface area contributed by atoms with Gasteiger partial charge >= 0.3 is 0 Å². The quantitative estimate of drug-likeness (QED) is 0.692. The molecule has 0 saturated heterocycles. The average Bonchev–Trinajstić information content (AvgIpc) is 3.08. The zero-order valence-corrected chi connectivity index (χ0v) is 12.3. The molecule has 0 aliphatic heterocycles. The van der Waals surface area contributed by atoms with Crippen LogP contribution in [0.15, 0.2) is 54.7 Å². The number of nitriles is 1. The summed E-state index contributed by atoms with van der Waals surface area (Å²) in [4.78, 5) is 14.7. The molecule has 3 N–H and O–H groups in total. The predicted molar refractivity (Wildman–Crippen MR) is 86.7 cm³/mol. The number of rotatable bonds is 4. The minimum absolute atomic E-state index is 0.101. The predicted octanol–water partition coefficient (Wildman–Crippen LogP) is 2.50. The number of aromatic amines is 1. The fourth-order valence-electron chi connectivity index (χ4n) is 2.41. The SMILES string of the molecule is N#Cc1cc(C(=O)NCC(O)c2ccc3ccccc3c2)c[nH]1. The first-order valence-electron chi connectivity index (χ1n) is 7.21. The van der Waals surface area contributed by atoms with E-state index >= 15 is 0 Å². The third kappa shape index (κ3) is 3.23. The number of aliphatic hydroxyl groups is 1. The maximum absolute atomic E-state index is 12.0. The zero-order valence-electron chi connectivity index (χ0n) is 12.3. The van der Waals surface area contributed by atoms with Gasteiger partial charge in [-0.25, -0.2) is 0 Å². The molecule has 114 valence electrons. The second kappa shape index (κ2) is 6.34. The summed E-state index contributed by atoms with van der Waals surface area (Å²) in [5, 5.41) is 23.8. The van der Waals surface area contributed by atoms with Crippen LogP contribution in [-0.2, 0) is 0 Å². The van der Waals surface area contributed by atoms with E-state index in [-0.39, 0.29) is 12.5 Å². The molecule has 1 atom stereocenters. The Kier molecular flexibility index (Phi) is 4.09. The summed E-state index contributed by atoms with van der Waals surface area (Å²) in [6, 6.07) is 17.0. The summed E-state index contributed by atoms with van der Waals surface area (Å²) < 4.78 is 0. The van der Waals surface area contributed by atoms with E-state index in [9.17, 15) is 9.90 Å². The van der Waals surface area contributed by atoms with Crippen LogP contribution in [0.3, 0.4) is 0 Å². The molecule has 1 amide bonds. The highest BCUT2D eigenvalue weighted by molar-refractivity contribution is 5.94. The molecule has 1 heterocycles. The number of hydrogen-bond acceptors (Lipinski definition) is 3. The molecule has 0 saturated carbocycles. The van der Waals surface area contributed by atoms with Crippen LogP contribution in [0.4, 0.5) is 0 Å². The second-order valence-electron chi connectivity index (χ2n) is 5.25. The van der Waals surface area contributed by atoms with Crippen molar-refractivity contribution in [2.24, 2.45) is 0 Å². The van der Waals surface area contributed by atoms with Gasteiger partial charge in [0.25, 0.3) is 5.91 Å². The van der Waals surface area contributed by atoms with E-state index in [0.717, 1.165) is 16.3 Å². The van der Waals surface area contributed by atoms with E-state index in [1.165, 1.54) is 12.3 Å². The van der Waals surface area contributed by atoms with Crippen LogP contribution in [-0.4, -0.2) is 22.5 Å². The topological polar surface area (TPSA) is 88.9 Å². The molecule has 0 aliphatic rings. The summed E-state index contributed by atoms with van der Waals surface area (Å²) in [7, 11) is 0. The maximum Gasteiger partial charge on any atom is 0.252 e. The van der Waals surface area contributed by atoms with Crippen molar-refractivity contribution in [2.45, 2.75) is 6.10 Å². The third-order valence-electron chi connectivity index (χ3n) is 3.68. The number of carbonyl (C=O) groups is 1. The van der Waals surface area contributed by atoms with E-state index in [4.69, 9.17) is 5.26 Å². The highest BCUT2D eigenvalue weighted by Gasteiger charge is 2.12. The molecular formula is C18H15N3O2. The number of aromatic nitrogens is 1. The first-order valence-corrected chi connectivity index (χ1v) is 7.21. The number of nitrogens with one attached hydrogen (secondary N) is 2. The number of fused-ring (bicyclic) bond motifs is 1.